The molecule has 0 radical (unpaired) electrons. The highest BCUT2D eigenvalue weighted by Crippen LogP contribution is 2.52. The Labute approximate surface area is 149 Å². The lowest BCUT2D eigenvalue weighted by Gasteiger charge is -2.65. The Morgan fingerprint density at radius 2 is 1.67 bits per heavy atom. The molecule has 1 atom stereocenters. The van der Waals surface area contributed by atoms with Crippen LogP contribution < -0.4 is 5.32 Å². The molecule has 6 rings (SSSR count). The van der Waals surface area contributed by atoms with Crippen molar-refractivity contribution < 1.29 is 9.59 Å². The molecule has 1 amide bonds. The van der Waals surface area contributed by atoms with Crippen LogP contribution in [0.15, 0.2) is 22.7 Å². The molecule has 6 heteroatoms. The molecule has 5 nitrogen and oxygen atoms in total. The minimum Gasteiger partial charge on any atom is -0.325 e. The Kier molecular flexibility index (Phi) is 2.81. The number of hydrogen-bond acceptors (Lipinski definition) is 4. The zero-order chi connectivity index (χ0) is 16.9. The van der Waals surface area contributed by atoms with Crippen LogP contribution in [0.1, 0.15) is 25.3 Å². The quantitative estimate of drug-likeness (QED) is 0.798. The van der Waals surface area contributed by atoms with E-state index in [4.69, 9.17) is 0 Å². The summed E-state index contributed by atoms with van der Waals surface area (Å²) < 4.78 is 0.991. The number of rotatable bonds is 1. The number of Topliss-reactive ketones (excluding diaryl/α,β-unsaturated/α-hetero) is 1. The fraction of sp³-hybridized carbons (Fsp3) is 0.556. The summed E-state index contributed by atoms with van der Waals surface area (Å²) >= 11 is 3.53. The smallest absolute Gasteiger partial charge is 0.234 e. The van der Waals surface area contributed by atoms with Crippen molar-refractivity contribution in [3.8, 4) is 0 Å². The minimum atomic E-state index is -0.295. The monoisotopic (exact) mass is 389 g/mol. The van der Waals surface area contributed by atoms with Gasteiger partial charge in [0, 0.05) is 36.3 Å². The molecule has 4 fully saturated rings. The predicted octanol–water partition coefficient (Wildman–Crippen LogP) is 2.04. The molecular weight excluding hydrogens is 370 g/mol. The molecule has 4 saturated heterocycles. The molecule has 5 heterocycles. The SMILES string of the molecule is CC12CN3CC(C)(CN(C1)C3[C@H]1C(=O)Nc3ccc(Br)cc31)C2=O. The minimum absolute atomic E-state index is 0.0507. The molecule has 5 aliphatic heterocycles. The molecule has 24 heavy (non-hydrogen) atoms. The molecule has 0 saturated carbocycles. The number of anilines is 1. The highest BCUT2D eigenvalue weighted by Gasteiger charge is 2.64. The van der Waals surface area contributed by atoms with Crippen molar-refractivity contribution in [2.75, 3.05) is 31.5 Å². The van der Waals surface area contributed by atoms with E-state index in [1.54, 1.807) is 0 Å². The van der Waals surface area contributed by atoms with Crippen LogP contribution in [0.25, 0.3) is 0 Å². The second kappa shape index (κ2) is 4.48. The number of halogens is 1. The first-order chi connectivity index (χ1) is 11.3. The van der Waals surface area contributed by atoms with Crippen molar-refractivity contribution in [1.82, 2.24) is 9.80 Å². The maximum absolute atomic E-state index is 12.8. The van der Waals surface area contributed by atoms with E-state index < -0.39 is 0 Å². The Balaban J connectivity index is 1.58. The normalized spacial score (nSPS) is 45.5. The van der Waals surface area contributed by atoms with Crippen molar-refractivity contribution in [3.63, 3.8) is 0 Å². The van der Waals surface area contributed by atoms with Crippen LogP contribution in [-0.2, 0) is 9.59 Å². The van der Waals surface area contributed by atoms with Crippen LogP contribution in [0.2, 0.25) is 0 Å². The average Bonchev–Trinajstić information content (AvgIpc) is 2.79. The van der Waals surface area contributed by atoms with Gasteiger partial charge in [-0.05, 0) is 23.8 Å². The van der Waals surface area contributed by atoms with Gasteiger partial charge in [0.05, 0.1) is 22.9 Å². The van der Waals surface area contributed by atoms with Gasteiger partial charge in [-0.3, -0.25) is 19.4 Å². The van der Waals surface area contributed by atoms with Gasteiger partial charge < -0.3 is 5.32 Å². The maximum Gasteiger partial charge on any atom is 0.234 e. The average molecular weight is 390 g/mol. The fourth-order valence-corrected chi connectivity index (χ4v) is 5.98. The number of nitrogens with one attached hydrogen (secondary N) is 1. The largest absolute Gasteiger partial charge is 0.325 e. The molecule has 1 N–H and O–H groups in total. The molecular formula is C18H20BrN3O2. The lowest BCUT2D eigenvalue weighted by Crippen LogP contribution is -2.79. The van der Waals surface area contributed by atoms with Crippen molar-refractivity contribution in [2.45, 2.75) is 25.9 Å². The third-order valence-corrected chi connectivity index (χ3v) is 6.73. The molecule has 0 spiro atoms. The fourth-order valence-electron chi connectivity index (χ4n) is 5.60. The summed E-state index contributed by atoms with van der Waals surface area (Å²) in [6.45, 7) is 7.21. The number of ketones is 1. The lowest BCUT2D eigenvalue weighted by molar-refractivity contribution is -0.198. The van der Waals surface area contributed by atoms with Crippen LogP contribution in [0.3, 0.4) is 0 Å². The molecule has 0 unspecified atom stereocenters. The predicted molar refractivity (Wildman–Crippen MR) is 93.7 cm³/mol. The first-order valence-electron chi connectivity index (χ1n) is 8.44. The van der Waals surface area contributed by atoms with Gasteiger partial charge in [-0.25, -0.2) is 0 Å². The first-order valence-corrected chi connectivity index (χ1v) is 9.23. The van der Waals surface area contributed by atoms with Crippen molar-refractivity contribution in [1.29, 1.82) is 0 Å². The summed E-state index contributed by atoms with van der Waals surface area (Å²) in [5.74, 6) is 0.280. The molecule has 1 aromatic carbocycles. The third-order valence-electron chi connectivity index (χ3n) is 6.24. The first kappa shape index (κ1) is 15.0. The molecule has 5 aliphatic rings. The van der Waals surface area contributed by atoms with Gasteiger partial charge in [0.15, 0.2) is 0 Å². The number of fused-ring (bicyclic) bond motifs is 1. The highest BCUT2D eigenvalue weighted by molar-refractivity contribution is 9.10. The zero-order valence-electron chi connectivity index (χ0n) is 13.8. The Morgan fingerprint density at radius 1 is 1.08 bits per heavy atom. The molecule has 4 bridgehead atoms. The van der Waals surface area contributed by atoms with Gasteiger partial charge in [-0.15, -0.1) is 0 Å². The van der Waals surface area contributed by atoms with Gasteiger partial charge in [-0.2, -0.15) is 0 Å². The van der Waals surface area contributed by atoms with E-state index in [-0.39, 0.29) is 28.8 Å². The van der Waals surface area contributed by atoms with Gasteiger partial charge in [0.2, 0.25) is 5.91 Å². The van der Waals surface area contributed by atoms with E-state index in [0.717, 1.165) is 41.9 Å². The number of carbonyl (C=O) groups is 2. The van der Waals surface area contributed by atoms with Crippen molar-refractivity contribution >= 4 is 33.3 Å². The van der Waals surface area contributed by atoms with Crippen LogP contribution in [-0.4, -0.2) is 53.8 Å². The van der Waals surface area contributed by atoms with Gasteiger partial charge >= 0.3 is 0 Å². The van der Waals surface area contributed by atoms with E-state index in [1.165, 1.54) is 0 Å². The number of carbonyl (C=O) groups excluding carboxylic acids is 2. The van der Waals surface area contributed by atoms with Crippen molar-refractivity contribution in [3.05, 3.63) is 28.2 Å². The van der Waals surface area contributed by atoms with E-state index in [9.17, 15) is 9.59 Å². The number of nitrogens with zero attached hydrogens (tertiary/aromatic N) is 2. The van der Waals surface area contributed by atoms with Gasteiger partial charge in [0.1, 0.15) is 5.78 Å². The Hall–Kier alpha value is -1.24. The second-order valence-corrected chi connectivity index (χ2v) is 9.29. The summed E-state index contributed by atoms with van der Waals surface area (Å²) in [4.78, 5) is 30.3. The molecule has 1 aromatic rings. The Bertz CT molecular complexity index is 752. The molecule has 126 valence electrons. The summed E-state index contributed by atoms with van der Waals surface area (Å²) in [6.07, 6.45) is 0.0507. The third kappa shape index (κ3) is 1.77. The van der Waals surface area contributed by atoms with Crippen LogP contribution in [0, 0.1) is 10.8 Å². The van der Waals surface area contributed by atoms with Crippen LogP contribution >= 0.6 is 15.9 Å². The van der Waals surface area contributed by atoms with E-state index >= 15 is 0 Å². The number of amides is 1. The summed E-state index contributed by atoms with van der Waals surface area (Å²) in [5.41, 5.74) is 1.39. The van der Waals surface area contributed by atoms with Crippen LogP contribution in [0.4, 0.5) is 5.69 Å². The summed E-state index contributed by atoms with van der Waals surface area (Å²) in [5, 5.41) is 3.03. The topological polar surface area (TPSA) is 52.6 Å². The second-order valence-electron chi connectivity index (χ2n) is 8.37. The molecule has 0 aliphatic carbocycles. The number of benzene rings is 1. The van der Waals surface area contributed by atoms with E-state index in [1.807, 2.05) is 12.1 Å². The van der Waals surface area contributed by atoms with E-state index in [2.05, 4.69) is 51.0 Å². The lowest BCUT2D eigenvalue weighted by atomic mass is 9.61. The van der Waals surface area contributed by atoms with Crippen molar-refractivity contribution in [2.24, 2.45) is 10.8 Å². The van der Waals surface area contributed by atoms with Gasteiger partial charge in [-0.1, -0.05) is 29.8 Å². The highest BCUT2D eigenvalue weighted by atomic mass is 79.9. The molecule has 0 aromatic heterocycles. The standard InChI is InChI=1S/C18H20BrN3O2/c1-17-6-21-8-18(2,16(17)24)9-22(7-17)15(21)13-11-5-10(19)3-4-12(11)20-14(13)23/h3-5,13,15H,6-9H2,1-2H3,(H,20,23)/t13-,15?,17?,18?/m1/s1. The summed E-state index contributed by atoms with van der Waals surface area (Å²) in [7, 11) is 0. The number of hydrogen-bond donors (Lipinski definition) is 1. The van der Waals surface area contributed by atoms with Crippen LogP contribution in [0.5, 0.6) is 0 Å². The van der Waals surface area contributed by atoms with Gasteiger partial charge in [0.25, 0.3) is 0 Å². The summed E-state index contributed by atoms with van der Waals surface area (Å²) in [6, 6.07) is 5.98. The zero-order valence-corrected chi connectivity index (χ0v) is 15.4. The Morgan fingerprint density at radius 3 is 2.25 bits per heavy atom. The maximum atomic E-state index is 12.8. The number of piperidine rings is 2. The van der Waals surface area contributed by atoms with E-state index in [0.29, 0.717) is 5.78 Å².